The molecule has 0 radical (unpaired) electrons. The second-order valence-corrected chi connectivity index (χ2v) is 7.24. The molecule has 3 N–H and O–H groups in total. The highest BCUT2D eigenvalue weighted by atomic mass is 35.5. The minimum atomic E-state index is -0.287. The summed E-state index contributed by atoms with van der Waals surface area (Å²) in [6.45, 7) is 0.453. The number of anilines is 1. The molecule has 0 saturated carbocycles. The molecule has 0 amide bonds. The highest BCUT2D eigenvalue weighted by Gasteiger charge is 2.14. The number of rotatable bonds is 7. The monoisotopic (exact) mass is 429 g/mol. The molecule has 3 heterocycles. The number of ether oxygens (including phenoxy) is 1. The lowest BCUT2D eigenvalue weighted by molar-refractivity contribution is 0.296. The molecule has 10 heteroatoms. The maximum Gasteiger partial charge on any atom is 0.258 e. The normalized spacial score (nSPS) is 11.0. The van der Waals surface area contributed by atoms with Crippen molar-refractivity contribution < 1.29 is 9.84 Å². The minimum absolute atomic E-state index is 0.00710. The molecule has 0 bridgehead atoms. The number of pyridine rings is 1. The number of nitrogens with one attached hydrogen (secondary N) is 2. The maximum atomic E-state index is 12.5. The van der Waals surface area contributed by atoms with Gasteiger partial charge in [-0.3, -0.25) is 9.78 Å². The Balaban J connectivity index is 1.68. The topological polar surface area (TPSA) is 113 Å². The fraction of sp³-hybridized carbons (Fsp3) is 0.158. The number of halogens is 1. The quantitative estimate of drug-likeness (QED) is 0.413. The molecule has 0 aliphatic heterocycles. The van der Waals surface area contributed by atoms with E-state index in [9.17, 15) is 4.79 Å². The standard InChI is InChI=1S/C19H16ClN5O3S/c20-12-3-1-2-4-14(12)28-9-15-24-16-11(18(27)25-15)5-6-21-17(16)13-10-29-19(23-13)22-7-8-26/h1-6,10,26H,7-9H2,(H,22,23)(H,24,25,27). The molecule has 148 valence electrons. The molecular formula is C19H16ClN5O3S. The van der Waals surface area contributed by atoms with Crippen LogP contribution in [0, 0.1) is 0 Å². The van der Waals surface area contributed by atoms with Crippen LogP contribution < -0.4 is 15.6 Å². The summed E-state index contributed by atoms with van der Waals surface area (Å²) in [6.07, 6.45) is 1.55. The van der Waals surface area contributed by atoms with Gasteiger partial charge in [-0.25, -0.2) is 9.97 Å². The van der Waals surface area contributed by atoms with Crippen LogP contribution in [0.15, 0.2) is 46.7 Å². The Bertz CT molecular complexity index is 1210. The van der Waals surface area contributed by atoms with Gasteiger partial charge in [-0.15, -0.1) is 11.3 Å². The van der Waals surface area contributed by atoms with Crippen molar-refractivity contribution in [3.8, 4) is 17.1 Å². The number of fused-ring (bicyclic) bond motifs is 1. The predicted octanol–water partition coefficient (Wildman–Crippen LogP) is 3.08. The fourth-order valence-electron chi connectivity index (χ4n) is 2.70. The van der Waals surface area contributed by atoms with Crippen LogP contribution in [0.2, 0.25) is 5.02 Å². The predicted molar refractivity (Wildman–Crippen MR) is 113 cm³/mol. The van der Waals surface area contributed by atoms with Gasteiger partial charge < -0.3 is 20.1 Å². The zero-order chi connectivity index (χ0) is 20.2. The van der Waals surface area contributed by atoms with E-state index in [1.807, 2.05) is 11.4 Å². The Kier molecular flexibility index (Phi) is 5.70. The Morgan fingerprint density at radius 1 is 1.24 bits per heavy atom. The third-order valence-corrected chi connectivity index (χ3v) is 5.12. The third-order valence-electron chi connectivity index (χ3n) is 4.01. The first kappa shape index (κ1) is 19.3. The van der Waals surface area contributed by atoms with Crippen molar-refractivity contribution in [1.82, 2.24) is 19.9 Å². The largest absolute Gasteiger partial charge is 0.484 e. The molecule has 0 saturated heterocycles. The number of para-hydroxylation sites is 1. The maximum absolute atomic E-state index is 12.5. The molecule has 1 aromatic carbocycles. The molecule has 29 heavy (non-hydrogen) atoms. The molecular weight excluding hydrogens is 414 g/mol. The Morgan fingerprint density at radius 2 is 2.10 bits per heavy atom. The number of hydrogen-bond donors (Lipinski definition) is 3. The average Bonchev–Trinajstić information content (AvgIpc) is 3.20. The molecule has 0 fully saturated rings. The van der Waals surface area contributed by atoms with Crippen molar-refractivity contribution in [2.75, 3.05) is 18.5 Å². The van der Waals surface area contributed by atoms with Crippen LogP contribution in [0.1, 0.15) is 5.82 Å². The van der Waals surface area contributed by atoms with Gasteiger partial charge in [0.05, 0.1) is 17.0 Å². The van der Waals surface area contributed by atoms with E-state index in [1.54, 1.807) is 30.5 Å². The van der Waals surface area contributed by atoms with Gasteiger partial charge in [0.25, 0.3) is 5.56 Å². The first-order valence-corrected chi connectivity index (χ1v) is 9.97. The molecule has 0 atom stereocenters. The number of aliphatic hydroxyl groups excluding tert-OH is 1. The van der Waals surface area contributed by atoms with Gasteiger partial charge in [-0.1, -0.05) is 23.7 Å². The zero-order valence-electron chi connectivity index (χ0n) is 15.1. The lowest BCUT2D eigenvalue weighted by Gasteiger charge is -2.08. The number of H-pyrrole nitrogens is 1. The molecule has 3 aromatic heterocycles. The summed E-state index contributed by atoms with van der Waals surface area (Å²) in [7, 11) is 0. The van der Waals surface area contributed by atoms with Crippen LogP contribution in [0.5, 0.6) is 5.75 Å². The first-order valence-electron chi connectivity index (χ1n) is 8.71. The van der Waals surface area contributed by atoms with E-state index in [1.165, 1.54) is 11.3 Å². The van der Waals surface area contributed by atoms with Crippen molar-refractivity contribution in [2.45, 2.75) is 6.61 Å². The number of hydrogen-bond acceptors (Lipinski definition) is 8. The number of nitrogens with zero attached hydrogens (tertiary/aromatic N) is 3. The molecule has 4 rings (SSSR count). The molecule has 4 aromatic rings. The molecule has 0 aliphatic carbocycles. The van der Waals surface area contributed by atoms with Gasteiger partial charge in [0.1, 0.15) is 35.1 Å². The van der Waals surface area contributed by atoms with Crippen molar-refractivity contribution in [2.24, 2.45) is 0 Å². The SMILES string of the molecule is O=c1[nH]c(COc2ccccc2Cl)nc2c(-c3csc(NCCO)n3)nccc12. The van der Waals surface area contributed by atoms with E-state index >= 15 is 0 Å². The van der Waals surface area contributed by atoms with E-state index < -0.39 is 0 Å². The highest BCUT2D eigenvalue weighted by Crippen LogP contribution is 2.28. The van der Waals surface area contributed by atoms with E-state index in [0.717, 1.165) is 0 Å². The zero-order valence-corrected chi connectivity index (χ0v) is 16.6. The third kappa shape index (κ3) is 4.21. The van der Waals surface area contributed by atoms with Crippen LogP contribution in [-0.4, -0.2) is 38.2 Å². The summed E-state index contributed by atoms with van der Waals surface area (Å²) in [5, 5.41) is 15.3. The first-order chi connectivity index (χ1) is 14.2. The van der Waals surface area contributed by atoms with Crippen molar-refractivity contribution in [3.63, 3.8) is 0 Å². The molecule has 0 unspecified atom stereocenters. The van der Waals surface area contributed by atoms with Gasteiger partial charge in [-0.05, 0) is 18.2 Å². The van der Waals surface area contributed by atoms with E-state index in [-0.39, 0.29) is 18.8 Å². The van der Waals surface area contributed by atoms with Crippen LogP contribution >= 0.6 is 22.9 Å². The van der Waals surface area contributed by atoms with Crippen LogP contribution in [0.4, 0.5) is 5.13 Å². The van der Waals surface area contributed by atoms with Gasteiger partial charge in [0.2, 0.25) is 0 Å². The van der Waals surface area contributed by atoms with Crippen LogP contribution in [0.25, 0.3) is 22.3 Å². The molecule has 0 aliphatic rings. The summed E-state index contributed by atoms with van der Waals surface area (Å²) in [4.78, 5) is 28.7. The van der Waals surface area contributed by atoms with Gasteiger partial charge in [0.15, 0.2) is 5.13 Å². The summed E-state index contributed by atoms with van der Waals surface area (Å²) < 4.78 is 5.69. The summed E-state index contributed by atoms with van der Waals surface area (Å²) in [6, 6.07) is 8.69. The van der Waals surface area contributed by atoms with Crippen molar-refractivity contribution in [1.29, 1.82) is 0 Å². The molecule has 0 spiro atoms. The smallest absolute Gasteiger partial charge is 0.258 e. The average molecular weight is 430 g/mol. The lowest BCUT2D eigenvalue weighted by atomic mass is 10.2. The Morgan fingerprint density at radius 3 is 2.93 bits per heavy atom. The lowest BCUT2D eigenvalue weighted by Crippen LogP contribution is -2.14. The van der Waals surface area contributed by atoms with E-state index in [2.05, 4.69) is 25.3 Å². The van der Waals surface area contributed by atoms with Crippen LogP contribution in [-0.2, 0) is 6.61 Å². The number of thiazole rings is 1. The fourth-order valence-corrected chi connectivity index (χ4v) is 3.62. The summed E-state index contributed by atoms with van der Waals surface area (Å²) in [5.41, 5.74) is 1.25. The second-order valence-electron chi connectivity index (χ2n) is 5.98. The summed E-state index contributed by atoms with van der Waals surface area (Å²) >= 11 is 7.49. The van der Waals surface area contributed by atoms with E-state index in [4.69, 9.17) is 21.4 Å². The highest BCUT2D eigenvalue weighted by molar-refractivity contribution is 7.14. The number of aromatic nitrogens is 4. The molecule has 8 nitrogen and oxygen atoms in total. The van der Waals surface area contributed by atoms with Gasteiger partial charge in [-0.2, -0.15) is 0 Å². The number of benzene rings is 1. The number of aromatic amines is 1. The van der Waals surface area contributed by atoms with E-state index in [0.29, 0.717) is 50.6 Å². The van der Waals surface area contributed by atoms with Crippen molar-refractivity contribution >= 4 is 39.0 Å². The Labute approximate surface area is 174 Å². The van der Waals surface area contributed by atoms with Crippen molar-refractivity contribution in [3.05, 3.63) is 63.1 Å². The van der Waals surface area contributed by atoms with Gasteiger partial charge in [0, 0.05) is 18.1 Å². The minimum Gasteiger partial charge on any atom is -0.484 e. The number of aliphatic hydroxyl groups is 1. The Hall–Kier alpha value is -3.01. The van der Waals surface area contributed by atoms with Gasteiger partial charge >= 0.3 is 0 Å². The van der Waals surface area contributed by atoms with Crippen LogP contribution in [0.3, 0.4) is 0 Å². The summed E-state index contributed by atoms with van der Waals surface area (Å²) in [5.74, 6) is 0.855. The second kappa shape index (κ2) is 8.56.